The normalized spacial score (nSPS) is 14.8. The zero-order valence-corrected chi connectivity index (χ0v) is 43.8. The van der Waals surface area contributed by atoms with Crippen LogP contribution in [0, 0.1) is 0 Å². The number of para-hydroxylation sites is 6. The molecule has 17 rings (SSSR count). The van der Waals surface area contributed by atoms with Gasteiger partial charge in [0.15, 0.2) is 0 Å². The van der Waals surface area contributed by atoms with Crippen molar-refractivity contribution in [1.82, 2.24) is 17.9 Å². The fraction of sp³-hybridized carbons (Fsp3) is 0.108. The van der Waals surface area contributed by atoms with Gasteiger partial charge in [-0.3, -0.25) is 0 Å². The number of fused-ring (bicyclic) bond motifs is 18. The molecule has 78 heavy (non-hydrogen) atoms. The molecular formula is C74H54N4. The van der Waals surface area contributed by atoms with E-state index in [1.807, 2.05) is 57.7 Å². The van der Waals surface area contributed by atoms with Gasteiger partial charge < -0.3 is 17.9 Å². The Morgan fingerprint density at radius 3 is 1.12 bits per heavy atom. The predicted octanol–water partition coefficient (Wildman–Crippen LogP) is 20.1. The van der Waals surface area contributed by atoms with E-state index in [0.29, 0.717) is 0 Å². The number of hydrogen-bond donors (Lipinski definition) is 0. The Morgan fingerprint density at radius 1 is 0.308 bits per heavy atom. The number of nitrogens with zero attached hydrogens (tertiary/aromatic N) is 4. The summed E-state index contributed by atoms with van der Waals surface area (Å²) in [4.78, 5) is 0. The second kappa shape index (κ2) is 15.2. The van der Waals surface area contributed by atoms with Crippen LogP contribution in [0.25, 0.3) is 153 Å². The van der Waals surface area contributed by atoms with Crippen molar-refractivity contribution in [2.75, 3.05) is 0 Å². The summed E-state index contributed by atoms with van der Waals surface area (Å²) >= 11 is 0. The summed E-state index contributed by atoms with van der Waals surface area (Å²) in [6, 6.07) is 52.2. The Morgan fingerprint density at radius 2 is 0.692 bits per heavy atom. The van der Waals surface area contributed by atoms with E-state index in [1.165, 1.54) is 11.1 Å². The number of hydrogen-bond acceptors (Lipinski definition) is 0. The fourth-order valence-corrected chi connectivity index (χ4v) is 13.8. The van der Waals surface area contributed by atoms with Gasteiger partial charge in [-0.15, -0.1) is 0 Å². The zero-order valence-electron chi connectivity index (χ0n) is 53.8. The predicted molar refractivity (Wildman–Crippen MR) is 333 cm³/mol. The van der Waals surface area contributed by atoms with Crippen LogP contribution in [0.15, 0.2) is 218 Å². The largest absolute Gasteiger partial charge is 0.309 e. The van der Waals surface area contributed by atoms with E-state index in [9.17, 15) is 0 Å². The van der Waals surface area contributed by atoms with Crippen LogP contribution in [-0.4, -0.2) is 17.9 Å². The third-order valence-electron chi connectivity index (χ3n) is 17.0. The molecule has 0 N–H and O–H groups in total. The zero-order chi connectivity index (χ0) is 60.8. The molecule has 0 aliphatic heterocycles. The van der Waals surface area contributed by atoms with Gasteiger partial charge in [0.05, 0.1) is 68.9 Å². The average Bonchev–Trinajstić information content (AvgIpc) is 1.61. The van der Waals surface area contributed by atoms with Crippen molar-refractivity contribution >= 4 is 120 Å². The van der Waals surface area contributed by atoms with Crippen molar-refractivity contribution in [2.24, 2.45) is 0 Å². The topological polar surface area (TPSA) is 18.7 Å². The Bertz CT molecular complexity index is 5600. The van der Waals surface area contributed by atoms with Gasteiger partial charge in [-0.05, 0) is 105 Å². The maximum atomic E-state index is 9.16. The van der Waals surface area contributed by atoms with Crippen LogP contribution in [0.2, 0.25) is 0 Å². The van der Waals surface area contributed by atoms with Crippen molar-refractivity contribution in [3.8, 4) is 33.6 Å². The summed E-state index contributed by atoms with van der Waals surface area (Å²) in [5.74, 6) is 0. The summed E-state index contributed by atoms with van der Waals surface area (Å²) in [5.41, 5.74) is 15.7. The van der Waals surface area contributed by atoms with Gasteiger partial charge in [-0.2, -0.15) is 0 Å². The standard InChI is InChI=1S/C74H54N4/c1-73(2,3)59-27-17-25-55-67-47(43-31-33-51-49-23-13-15-29-61(49)75(63(51)39-43)45-19-9-7-10-20-45)35-37-53-57-42-66-58(41-65(57)77(69(55)59)71(53)67)54-38-36-48(68-56-26-18-28-60(74(4,5)6)70(56)78(66)72(54)68)44-32-34-52-50-24-14-16-30-62(50)76(64(52)40-44)46-21-11-8-12-22-46/h7-42H,1-6H3/i7D,8D,9D,10D,11D,12D,19D,20D,21D,22D. The molecule has 0 unspecified atom stereocenters. The number of benzene rings is 11. The van der Waals surface area contributed by atoms with E-state index in [2.05, 4.69) is 160 Å². The van der Waals surface area contributed by atoms with Crippen molar-refractivity contribution < 1.29 is 13.7 Å². The molecule has 0 spiro atoms. The van der Waals surface area contributed by atoms with Crippen LogP contribution < -0.4 is 0 Å². The smallest absolute Gasteiger partial charge is 0.0645 e. The summed E-state index contributed by atoms with van der Waals surface area (Å²) in [6.45, 7) is 13.6. The first-order valence-electron chi connectivity index (χ1n) is 31.8. The summed E-state index contributed by atoms with van der Waals surface area (Å²) in [7, 11) is 0. The highest BCUT2D eigenvalue weighted by atomic mass is 15.0. The second-order valence-electron chi connectivity index (χ2n) is 23.3. The first-order chi connectivity index (χ1) is 42.1. The first kappa shape index (κ1) is 35.0. The lowest BCUT2D eigenvalue weighted by Crippen LogP contribution is -2.12. The van der Waals surface area contributed by atoms with E-state index >= 15 is 0 Å². The highest BCUT2D eigenvalue weighted by Gasteiger charge is 2.30. The van der Waals surface area contributed by atoms with Gasteiger partial charge in [0.1, 0.15) is 0 Å². The lowest BCUT2D eigenvalue weighted by molar-refractivity contribution is 0.594. The molecule has 4 heteroatoms. The molecule has 0 fully saturated rings. The molecule has 6 aromatic heterocycles. The van der Waals surface area contributed by atoms with Crippen LogP contribution in [0.1, 0.15) is 66.4 Å². The molecule has 0 atom stereocenters. The highest BCUT2D eigenvalue weighted by molar-refractivity contribution is 6.32. The quantitative estimate of drug-likeness (QED) is 0.167. The maximum Gasteiger partial charge on any atom is 0.0645 e. The first-order valence-corrected chi connectivity index (χ1v) is 26.8. The molecule has 0 bridgehead atoms. The van der Waals surface area contributed by atoms with Crippen molar-refractivity contribution in [1.29, 1.82) is 0 Å². The third-order valence-corrected chi connectivity index (χ3v) is 17.0. The van der Waals surface area contributed by atoms with Gasteiger partial charge in [0.25, 0.3) is 0 Å². The van der Waals surface area contributed by atoms with Gasteiger partial charge in [-0.25, -0.2) is 0 Å². The van der Waals surface area contributed by atoms with Crippen LogP contribution >= 0.6 is 0 Å². The third kappa shape index (κ3) is 5.69. The highest BCUT2D eigenvalue weighted by Crippen LogP contribution is 2.51. The maximum absolute atomic E-state index is 9.16. The van der Waals surface area contributed by atoms with Crippen LogP contribution in [0.3, 0.4) is 0 Å². The second-order valence-corrected chi connectivity index (χ2v) is 23.3. The van der Waals surface area contributed by atoms with Crippen molar-refractivity contribution in [3.63, 3.8) is 0 Å². The van der Waals surface area contributed by atoms with Gasteiger partial charge in [0, 0.05) is 76.0 Å². The SMILES string of the molecule is [2H]c1c([2H])c([2H])c(-n2c3ccccc3c3ccc(-c4ccc5c6cc7c(cc6n6c8c(C(C)(C)C)cccc8c4c56)c4ccc(-c5ccc6c8ccccc8n(-c8c([2H])c([2H])c([2H])c([2H])c8[2H])c6c5)c5c6cccc(C(C)(C)C)c6n7c45)cc32)c([2H])c1[2H]. The van der Waals surface area contributed by atoms with E-state index in [-0.39, 0.29) is 70.5 Å². The molecule has 0 amide bonds. The Balaban J connectivity index is 0.957. The van der Waals surface area contributed by atoms with Crippen LogP contribution in [0.5, 0.6) is 0 Å². The molecule has 370 valence electrons. The molecule has 0 saturated carbocycles. The minimum atomic E-state index is -0.431. The molecule has 0 aliphatic carbocycles. The van der Waals surface area contributed by atoms with Crippen LogP contribution in [0.4, 0.5) is 0 Å². The molecule has 4 nitrogen and oxygen atoms in total. The summed E-state index contributed by atoms with van der Waals surface area (Å²) in [5, 5.41) is 12.6. The minimum Gasteiger partial charge on any atom is -0.309 e. The monoisotopic (exact) mass is 1010 g/mol. The number of rotatable bonds is 4. The van der Waals surface area contributed by atoms with E-state index < -0.39 is 12.1 Å². The van der Waals surface area contributed by atoms with Crippen molar-refractivity contribution in [2.45, 2.75) is 52.4 Å². The molecule has 6 heterocycles. The Kier molecular flexibility index (Phi) is 6.82. The van der Waals surface area contributed by atoms with Gasteiger partial charge >= 0.3 is 0 Å². The Hall–Kier alpha value is -9.38. The van der Waals surface area contributed by atoms with E-state index in [1.54, 1.807) is 0 Å². The van der Waals surface area contributed by atoms with Crippen molar-refractivity contribution in [3.05, 3.63) is 229 Å². The fourth-order valence-electron chi connectivity index (χ4n) is 13.8. The summed E-state index contributed by atoms with van der Waals surface area (Å²) < 4.78 is 97.0. The van der Waals surface area contributed by atoms with E-state index in [0.717, 1.165) is 142 Å². The molecule has 11 aromatic carbocycles. The van der Waals surface area contributed by atoms with Gasteiger partial charge in [0.2, 0.25) is 0 Å². The molecule has 0 saturated heterocycles. The lowest BCUT2D eigenvalue weighted by Gasteiger charge is -2.21. The average molecular weight is 1010 g/mol. The van der Waals surface area contributed by atoms with Crippen LogP contribution in [-0.2, 0) is 10.8 Å². The molecule has 0 aliphatic rings. The van der Waals surface area contributed by atoms with Gasteiger partial charge in [-0.1, -0.05) is 199 Å². The lowest BCUT2D eigenvalue weighted by atomic mass is 9.85. The molecular weight excluding hydrogens is 945 g/mol. The molecule has 0 radical (unpaired) electrons. The number of aromatic nitrogens is 4. The molecule has 17 aromatic rings. The Labute approximate surface area is 464 Å². The minimum absolute atomic E-state index is 0.110. The summed E-state index contributed by atoms with van der Waals surface area (Å²) in [6.07, 6.45) is 0. The van der Waals surface area contributed by atoms with E-state index in [4.69, 9.17) is 13.7 Å².